The lowest BCUT2D eigenvalue weighted by molar-refractivity contribution is 0.102. The third-order valence-corrected chi connectivity index (χ3v) is 3.98. The minimum absolute atomic E-state index is 0.164. The summed E-state index contributed by atoms with van der Waals surface area (Å²) < 4.78 is 27.2. The van der Waals surface area contributed by atoms with E-state index >= 15 is 0 Å². The Morgan fingerprint density at radius 2 is 1.77 bits per heavy atom. The predicted molar refractivity (Wildman–Crippen MR) is 96.3 cm³/mol. The Balaban J connectivity index is 2.03. The molecule has 0 aliphatic rings. The van der Waals surface area contributed by atoms with Gasteiger partial charge in [-0.15, -0.1) is 0 Å². The van der Waals surface area contributed by atoms with Crippen molar-refractivity contribution in [1.29, 1.82) is 0 Å². The van der Waals surface area contributed by atoms with Gasteiger partial charge in [0.25, 0.3) is 5.91 Å². The summed E-state index contributed by atoms with van der Waals surface area (Å²) in [6.07, 6.45) is 1.47. The number of nitrogens with zero attached hydrogens (tertiary/aromatic N) is 2. The van der Waals surface area contributed by atoms with Crippen LogP contribution in [0.5, 0.6) is 0 Å². The quantitative estimate of drug-likeness (QED) is 0.661. The predicted octanol–water partition coefficient (Wildman–Crippen LogP) is 4.94. The van der Waals surface area contributed by atoms with E-state index in [0.29, 0.717) is 28.1 Å². The largest absolute Gasteiger partial charge is 0.320 e. The molecule has 0 saturated heterocycles. The lowest BCUT2D eigenvalue weighted by atomic mass is 9.98. The van der Waals surface area contributed by atoms with Gasteiger partial charge in [-0.3, -0.25) is 4.79 Å². The van der Waals surface area contributed by atoms with Crippen LogP contribution in [-0.4, -0.2) is 15.9 Å². The molecule has 0 spiro atoms. The Morgan fingerprint density at radius 1 is 1.08 bits per heavy atom. The first-order chi connectivity index (χ1) is 12.3. The fourth-order valence-electron chi connectivity index (χ4n) is 2.64. The number of carbonyl (C=O) groups is 1. The summed E-state index contributed by atoms with van der Waals surface area (Å²) in [6, 6.07) is 8.02. The summed E-state index contributed by atoms with van der Waals surface area (Å²) in [4.78, 5) is 20.8. The van der Waals surface area contributed by atoms with Crippen LogP contribution in [0.4, 0.5) is 14.5 Å². The topological polar surface area (TPSA) is 54.9 Å². The number of rotatable bonds is 3. The zero-order valence-electron chi connectivity index (χ0n) is 14.0. The van der Waals surface area contributed by atoms with E-state index in [2.05, 4.69) is 15.3 Å². The van der Waals surface area contributed by atoms with Crippen molar-refractivity contribution in [2.75, 3.05) is 5.32 Å². The van der Waals surface area contributed by atoms with Crippen LogP contribution < -0.4 is 5.32 Å². The molecule has 3 rings (SSSR count). The van der Waals surface area contributed by atoms with Crippen LogP contribution in [0.25, 0.3) is 11.1 Å². The number of benzene rings is 1. The van der Waals surface area contributed by atoms with Gasteiger partial charge in [-0.1, -0.05) is 11.6 Å². The molecule has 0 aliphatic carbocycles. The van der Waals surface area contributed by atoms with Crippen molar-refractivity contribution in [3.8, 4) is 11.1 Å². The molecule has 1 N–H and O–H groups in total. The van der Waals surface area contributed by atoms with E-state index in [1.807, 2.05) is 0 Å². The molecule has 0 unspecified atom stereocenters. The van der Waals surface area contributed by atoms with Gasteiger partial charge >= 0.3 is 0 Å². The number of hydrogen-bond acceptors (Lipinski definition) is 3. The summed E-state index contributed by atoms with van der Waals surface area (Å²) in [7, 11) is 0. The van der Waals surface area contributed by atoms with E-state index in [1.54, 1.807) is 26.0 Å². The molecular weight excluding hydrogens is 360 g/mol. The molecule has 7 heteroatoms. The van der Waals surface area contributed by atoms with Crippen molar-refractivity contribution in [2.24, 2.45) is 0 Å². The third kappa shape index (κ3) is 3.86. The molecule has 132 valence electrons. The maximum atomic E-state index is 13.6. The fraction of sp³-hybridized carbons (Fsp3) is 0.105. The standard InChI is InChI=1S/C19H14ClF2N3O/c1-10-5-16(12-6-13(21)8-14(22)7-12)11(2)18(24-10)19(26)25-15-3-4-23-17(20)9-15/h3-9H,1-2H3,(H,23,25,26). The molecule has 1 aromatic carbocycles. The smallest absolute Gasteiger partial charge is 0.274 e. The molecule has 1 amide bonds. The number of pyridine rings is 2. The summed E-state index contributed by atoms with van der Waals surface area (Å²) in [5, 5.41) is 2.94. The summed E-state index contributed by atoms with van der Waals surface area (Å²) in [5.74, 6) is -1.83. The molecule has 0 bridgehead atoms. The van der Waals surface area contributed by atoms with E-state index in [-0.39, 0.29) is 10.8 Å². The van der Waals surface area contributed by atoms with Crippen molar-refractivity contribution in [2.45, 2.75) is 13.8 Å². The monoisotopic (exact) mass is 373 g/mol. The molecule has 3 aromatic rings. The van der Waals surface area contributed by atoms with Gasteiger partial charge in [0.15, 0.2) is 0 Å². The zero-order valence-corrected chi connectivity index (χ0v) is 14.7. The number of halogens is 3. The van der Waals surface area contributed by atoms with E-state index in [4.69, 9.17) is 11.6 Å². The molecule has 0 atom stereocenters. The molecule has 0 fully saturated rings. The number of anilines is 1. The summed E-state index contributed by atoms with van der Waals surface area (Å²) >= 11 is 5.82. The van der Waals surface area contributed by atoms with Crippen LogP contribution in [0.3, 0.4) is 0 Å². The maximum Gasteiger partial charge on any atom is 0.274 e. The van der Waals surface area contributed by atoms with E-state index in [0.717, 1.165) is 6.07 Å². The molecule has 4 nitrogen and oxygen atoms in total. The van der Waals surface area contributed by atoms with Crippen molar-refractivity contribution in [3.63, 3.8) is 0 Å². The van der Waals surface area contributed by atoms with E-state index in [1.165, 1.54) is 24.4 Å². The fourth-order valence-corrected chi connectivity index (χ4v) is 2.81. The molecule has 2 aromatic heterocycles. The van der Waals surface area contributed by atoms with E-state index < -0.39 is 17.5 Å². The molecule has 0 radical (unpaired) electrons. The summed E-state index contributed by atoms with van der Waals surface area (Å²) in [6.45, 7) is 3.39. The molecular formula is C19H14ClF2N3O. The van der Waals surface area contributed by atoms with Crippen molar-refractivity contribution in [3.05, 3.63) is 76.3 Å². The highest BCUT2D eigenvalue weighted by molar-refractivity contribution is 6.29. The molecule has 0 saturated carbocycles. The highest BCUT2D eigenvalue weighted by Gasteiger charge is 2.17. The first kappa shape index (κ1) is 17.9. The van der Waals surface area contributed by atoms with Crippen LogP contribution in [0.15, 0.2) is 42.6 Å². The number of aromatic nitrogens is 2. The van der Waals surface area contributed by atoms with E-state index in [9.17, 15) is 13.6 Å². The first-order valence-electron chi connectivity index (χ1n) is 7.71. The Hall–Kier alpha value is -2.86. The SMILES string of the molecule is Cc1cc(-c2cc(F)cc(F)c2)c(C)c(C(=O)Nc2ccnc(Cl)c2)n1. The highest BCUT2D eigenvalue weighted by Crippen LogP contribution is 2.28. The van der Waals surface area contributed by atoms with Gasteiger partial charge in [-0.25, -0.2) is 18.7 Å². The van der Waals surface area contributed by atoms with Crippen LogP contribution >= 0.6 is 11.6 Å². The van der Waals surface area contributed by atoms with Crippen molar-refractivity contribution in [1.82, 2.24) is 9.97 Å². The number of amides is 1. The normalized spacial score (nSPS) is 10.7. The van der Waals surface area contributed by atoms with Gasteiger partial charge in [0, 0.05) is 23.6 Å². The van der Waals surface area contributed by atoms with Crippen LogP contribution in [0, 0.1) is 25.5 Å². The van der Waals surface area contributed by atoms with Gasteiger partial charge in [-0.2, -0.15) is 0 Å². The summed E-state index contributed by atoms with van der Waals surface area (Å²) in [5.41, 5.74) is 2.57. The molecule has 26 heavy (non-hydrogen) atoms. The number of aryl methyl sites for hydroxylation is 1. The van der Waals surface area contributed by atoms with Gasteiger partial charge < -0.3 is 5.32 Å². The molecule has 0 aliphatic heterocycles. The van der Waals surface area contributed by atoms with Gasteiger partial charge in [-0.05, 0) is 60.9 Å². The lowest BCUT2D eigenvalue weighted by Crippen LogP contribution is -2.16. The second-order valence-electron chi connectivity index (χ2n) is 5.76. The minimum atomic E-state index is -0.689. The average molecular weight is 374 g/mol. The van der Waals surface area contributed by atoms with Crippen LogP contribution in [0.2, 0.25) is 5.15 Å². The average Bonchev–Trinajstić information content (AvgIpc) is 2.55. The van der Waals surface area contributed by atoms with Gasteiger partial charge in [0.1, 0.15) is 22.5 Å². The highest BCUT2D eigenvalue weighted by atomic mass is 35.5. The zero-order chi connectivity index (χ0) is 18.8. The number of hydrogen-bond donors (Lipinski definition) is 1. The first-order valence-corrected chi connectivity index (χ1v) is 8.09. The van der Waals surface area contributed by atoms with Crippen LogP contribution in [-0.2, 0) is 0 Å². The van der Waals surface area contributed by atoms with Crippen molar-refractivity contribution >= 4 is 23.2 Å². The Morgan fingerprint density at radius 3 is 2.42 bits per heavy atom. The van der Waals surface area contributed by atoms with Crippen LogP contribution in [0.1, 0.15) is 21.7 Å². The Labute approximate surface area is 153 Å². The number of nitrogens with one attached hydrogen (secondary N) is 1. The second kappa shape index (κ2) is 7.17. The van der Waals surface area contributed by atoms with Gasteiger partial charge in [0.05, 0.1) is 0 Å². The molecule has 2 heterocycles. The minimum Gasteiger partial charge on any atom is -0.320 e. The Kier molecular flexibility index (Phi) is 4.95. The Bertz CT molecular complexity index is 988. The second-order valence-corrected chi connectivity index (χ2v) is 6.15. The number of carbonyl (C=O) groups excluding carboxylic acids is 1. The van der Waals surface area contributed by atoms with Gasteiger partial charge in [0.2, 0.25) is 0 Å². The third-order valence-electron chi connectivity index (χ3n) is 3.77. The maximum absolute atomic E-state index is 13.6. The van der Waals surface area contributed by atoms with Crippen molar-refractivity contribution < 1.29 is 13.6 Å². The lowest BCUT2D eigenvalue weighted by Gasteiger charge is -2.13.